The monoisotopic (exact) mass is 260 g/mol. The van der Waals surface area contributed by atoms with Gasteiger partial charge in [0.05, 0.1) is 0 Å². The fourth-order valence-corrected chi connectivity index (χ4v) is 2.70. The molecule has 0 atom stereocenters. The van der Waals surface area contributed by atoms with E-state index in [2.05, 4.69) is 13.8 Å². The zero-order valence-corrected chi connectivity index (χ0v) is 12.2. The first-order valence-electron chi connectivity index (χ1n) is 7.10. The van der Waals surface area contributed by atoms with E-state index in [-0.39, 0.29) is 5.91 Å². The number of amides is 1. The molecule has 1 saturated heterocycles. The predicted molar refractivity (Wildman–Crippen MR) is 79.1 cm³/mol. The van der Waals surface area contributed by atoms with Gasteiger partial charge in [-0.25, -0.2) is 0 Å². The molecule has 1 fully saturated rings. The molecule has 0 bridgehead atoms. The van der Waals surface area contributed by atoms with Crippen LogP contribution in [0.25, 0.3) is 0 Å². The van der Waals surface area contributed by atoms with Crippen molar-refractivity contribution in [3.05, 3.63) is 29.3 Å². The topological polar surface area (TPSA) is 46.3 Å². The van der Waals surface area contributed by atoms with Gasteiger partial charge in [-0.15, -0.1) is 0 Å². The fraction of sp³-hybridized carbons (Fsp3) is 0.562. The van der Waals surface area contributed by atoms with E-state index in [1.165, 1.54) is 6.42 Å². The molecule has 1 aromatic rings. The second kappa shape index (κ2) is 5.24. The van der Waals surface area contributed by atoms with Gasteiger partial charge in [-0.3, -0.25) is 4.79 Å². The van der Waals surface area contributed by atoms with E-state index in [1.54, 1.807) is 6.07 Å². The predicted octanol–water partition coefficient (Wildman–Crippen LogP) is 3.23. The number of anilines is 1. The van der Waals surface area contributed by atoms with Crippen molar-refractivity contribution in [3.63, 3.8) is 0 Å². The number of hydrogen-bond donors (Lipinski definition) is 1. The first-order valence-corrected chi connectivity index (χ1v) is 7.10. The Kier molecular flexibility index (Phi) is 3.83. The molecule has 1 aromatic carbocycles. The number of rotatable bonds is 2. The van der Waals surface area contributed by atoms with Crippen molar-refractivity contribution in [2.24, 2.45) is 5.41 Å². The molecular formula is C16H24N2O. The quantitative estimate of drug-likeness (QED) is 0.830. The third kappa shape index (κ3) is 2.91. The number of piperidine rings is 1. The Morgan fingerprint density at radius 3 is 2.53 bits per heavy atom. The second-order valence-corrected chi connectivity index (χ2v) is 6.03. The van der Waals surface area contributed by atoms with Crippen LogP contribution >= 0.6 is 0 Å². The van der Waals surface area contributed by atoms with Crippen molar-refractivity contribution >= 4 is 11.6 Å². The molecule has 1 heterocycles. The average Bonchev–Trinajstić information content (AvgIpc) is 2.39. The zero-order chi connectivity index (χ0) is 14.0. The average molecular weight is 260 g/mol. The van der Waals surface area contributed by atoms with Gasteiger partial charge in [-0.1, -0.05) is 20.3 Å². The second-order valence-electron chi connectivity index (χ2n) is 6.03. The number of nitrogens with two attached hydrogens (primary N) is 1. The number of hydrogen-bond acceptors (Lipinski definition) is 2. The number of carbonyl (C=O) groups is 1. The minimum absolute atomic E-state index is 0.149. The number of nitrogen functional groups attached to an aromatic ring is 1. The van der Waals surface area contributed by atoms with Gasteiger partial charge in [-0.05, 0) is 48.9 Å². The molecule has 19 heavy (non-hydrogen) atoms. The third-order valence-corrected chi connectivity index (χ3v) is 4.59. The number of carbonyl (C=O) groups excluding carboxylic acids is 1. The molecule has 1 amide bonds. The van der Waals surface area contributed by atoms with Gasteiger partial charge in [0.1, 0.15) is 0 Å². The van der Waals surface area contributed by atoms with Crippen LogP contribution in [0.15, 0.2) is 18.2 Å². The molecule has 1 aliphatic heterocycles. The van der Waals surface area contributed by atoms with Crippen LogP contribution in [0.4, 0.5) is 5.69 Å². The Balaban J connectivity index is 2.09. The first kappa shape index (κ1) is 13.9. The largest absolute Gasteiger partial charge is 0.399 e. The maximum absolute atomic E-state index is 12.5. The van der Waals surface area contributed by atoms with Crippen LogP contribution in [0, 0.1) is 12.3 Å². The van der Waals surface area contributed by atoms with E-state index in [0.717, 1.165) is 37.1 Å². The Labute approximate surface area is 115 Å². The summed E-state index contributed by atoms with van der Waals surface area (Å²) in [5.74, 6) is 0.149. The summed E-state index contributed by atoms with van der Waals surface area (Å²) in [6.45, 7) is 8.24. The van der Waals surface area contributed by atoms with Crippen molar-refractivity contribution in [1.29, 1.82) is 0 Å². The van der Waals surface area contributed by atoms with Crippen molar-refractivity contribution in [2.75, 3.05) is 18.8 Å². The minimum Gasteiger partial charge on any atom is -0.399 e. The summed E-state index contributed by atoms with van der Waals surface area (Å²) in [6, 6.07) is 5.52. The van der Waals surface area contributed by atoms with Gasteiger partial charge in [0.15, 0.2) is 0 Å². The summed E-state index contributed by atoms with van der Waals surface area (Å²) < 4.78 is 0. The molecule has 104 valence electrons. The Morgan fingerprint density at radius 1 is 1.37 bits per heavy atom. The number of benzene rings is 1. The van der Waals surface area contributed by atoms with E-state index in [0.29, 0.717) is 11.1 Å². The molecule has 0 radical (unpaired) electrons. The lowest BCUT2D eigenvalue weighted by Crippen LogP contribution is -2.42. The first-order chi connectivity index (χ1) is 8.95. The lowest BCUT2D eigenvalue weighted by atomic mass is 9.78. The van der Waals surface area contributed by atoms with Gasteiger partial charge in [0, 0.05) is 24.3 Å². The lowest BCUT2D eigenvalue weighted by Gasteiger charge is -2.39. The van der Waals surface area contributed by atoms with E-state index >= 15 is 0 Å². The molecule has 2 rings (SSSR count). The van der Waals surface area contributed by atoms with Crippen LogP contribution in [0.2, 0.25) is 0 Å². The molecule has 0 saturated carbocycles. The lowest BCUT2D eigenvalue weighted by molar-refractivity contribution is 0.0599. The highest BCUT2D eigenvalue weighted by molar-refractivity contribution is 5.96. The Hall–Kier alpha value is -1.51. The summed E-state index contributed by atoms with van der Waals surface area (Å²) in [5.41, 5.74) is 8.61. The van der Waals surface area contributed by atoms with Crippen molar-refractivity contribution in [3.8, 4) is 0 Å². The normalized spacial score (nSPS) is 18.4. The smallest absolute Gasteiger partial charge is 0.254 e. The van der Waals surface area contributed by atoms with E-state index in [1.807, 2.05) is 24.0 Å². The van der Waals surface area contributed by atoms with Crippen LogP contribution in [0.5, 0.6) is 0 Å². The van der Waals surface area contributed by atoms with Gasteiger partial charge < -0.3 is 10.6 Å². The molecule has 0 spiro atoms. The number of likely N-dealkylation sites (tertiary alicyclic amines) is 1. The summed E-state index contributed by atoms with van der Waals surface area (Å²) in [4.78, 5) is 14.5. The number of aryl methyl sites for hydroxylation is 1. The van der Waals surface area contributed by atoms with Crippen LogP contribution in [0.1, 0.15) is 49.0 Å². The highest BCUT2D eigenvalue weighted by Gasteiger charge is 2.30. The van der Waals surface area contributed by atoms with Gasteiger partial charge in [0.25, 0.3) is 5.91 Å². The zero-order valence-electron chi connectivity index (χ0n) is 12.2. The van der Waals surface area contributed by atoms with Crippen LogP contribution in [-0.4, -0.2) is 23.9 Å². The molecular weight excluding hydrogens is 236 g/mol. The van der Waals surface area contributed by atoms with Crippen LogP contribution in [0.3, 0.4) is 0 Å². The Bertz CT molecular complexity index is 474. The van der Waals surface area contributed by atoms with Crippen molar-refractivity contribution in [1.82, 2.24) is 4.90 Å². The summed E-state index contributed by atoms with van der Waals surface area (Å²) in [5, 5.41) is 0. The summed E-state index contributed by atoms with van der Waals surface area (Å²) in [7, 11) is 0. The molecule has 2 N–H and O–H groups in total. The minimum atomic E-state index is 0.149. The van der Waals surface area contributed by atoms with Crippen LogP contribution in [-0.2, 0) is 0 Å². The van der Waals surface area contributed by atoms with E-state index in [4.69, 9.17) is 5.73 Å². The van der Waals surface area contributed by atoms with Crippen molar-refractivity contribution in [2.45, 2.75) is 40.0 Å². The molecule has 3 nitrogen and oxygen atoms in total. The molecule has 3 heteroatoms. The summed E-state index contributed by atoms with van der Waals surface area (Å²) in [6.07, 6.45) is 3.39. The fourth-order valence-electron chi connectivity index (χ4n) is 2.70. The maximum atomic E-state index is 12.5. The molecule has 0 aliphatic carbocycles. The molecule has 1 aliphatic rings. The standard InChI is InChI=1S/C16H24N2O/c1-4-16(3)7-9-18(10-8-16)15(19)14-6-5-13(17)11-12(14)2/h5-6,11H,4,7-10,17H2,1-3H3. The van der Waals surface area contributed by atoms with Gasteiger partial charge in [-0.2, -0.15) is 0 Å². The van der Waals surface area contributed by atoms with Gasteiger partial charge >= 0.3 is 0 Å². The molecule has 0 aromatic heterocycles. The van der Waals surface area contributed by atoms with Gasteiger partial charge in [0.2, 0.25) is 0 Å². The Morgan fingerprint density at radius 2 is 2.00 bits per heavy atom. The SMILES string of the molecule is CCC1(C)CCN(C(=O)c2ccc(N)cc2C)CC1. The van der Waals surface area contributed by atoms with E-state index in [9.17, 15) is 4.79 Å². The highest BCUT2D eigenvalue weighted by Crippen LogP contribution is 2.34. The van der Waals surface area contributed by atoms with Crippen molar-refractivity contribution < 1.29 is 4.79 Å². The third-order valence-electron chi connectivity index (χ3n) is 4.59. The van der Waals surface area contributed by atoms with Crippen LogP contribution < -0.4 is 5.73 Å². The van der Waals surface area contributed by atoms with E-state index < -0.39 is 0 Å². The maximum Gasteiger partial charge on any atom is 0.254 e. The number of nitrogens with zero attached hydrogens (tertiary/aromatic N) is 1. The summed E-state index contributed by atoms with van der Waals surface area (Å²) >= 11 is 0. The molecule has 0 unspecified atom stereocenters. The highest BCUT2D eigenvalue weighted by atomic mass is 16.2.